The van der Waals surface area contributed by atoms with Crippen molar-refractivity contribution in [1.82, 2.24) is 15.1 Å². The van der Waals surface area contributed by atoms with E-state index in [9.17, 15) is 0 Å². The van der Waals surface area contributed by atoms with Crippen LogP contribution in [0.15, 0.2) is 12.4 Å². The Morgan fingerprint density at radius 1 is 1.44 bits per heavy atom. The van der Waals surface area contributed by atoms with Crippen molar-refractivity contribution < 1.29 is 4.74 Å². The van der Waals surface area contributed by atoms with Crippen molar-refractivity contribution in [3.05, 3.63) is 18.0 Å². The summed E-state index contributed by atoms with van der Waals surface area (Å²) >= 11 is 0. The Kier molecular flexibility index (Phi) is 4.40. The SMILES string of the molecule is CC(C)NCC1(Cc2cnn(C)c2)CCOCC1. The van der Waals surface area contributed by atoms with Crippen molar-refractivity contribution in [2.24, 2.45) is 12.5 Å². The van der Waals surface area contributed by atoms with Crippen molar-refractivity contribution in [1.29, 1.82) is 0 Å². The molecule has 0 aromatic carbocycles. The maximum Gasteiger partial charge on any atom is 0.0521 e. The van der Waals surface area contributed by atoms with Gasteiger partial charge in [-0.3, -0.25) is 4.68 Å². The smallest absolute Gasteiger partial charge is 0.0521 e. The first-order valence-corrected chi connectivity index (χ1v) is 6.88. The Bertz CT molecular complexity index is 367. The monoisotopic (exact) mass is 251 g/mol. The third-order valence-electron chi connectivity index (χ3n) is 3.78. The van der Waals surface area contributed by atoms with Gasteiger partial charge in [0.15, 0.2) is 0 Å². The lowest BCUT2D eigenvalue weighted by atomic mass is 9.75. The molecule has 0 saturated carbocycles. The van der Waals surface area contributed by atoms with E-state index in [-0.39, 0.29) is 0 Å². The molecular formula is C14H25N3O. The van der Waals surface area contributed by atoms with E-state index in [1.165, 1.54) is 5.56 Å². The molecule has 1 aliphatic heterocycles. The Balaban J connectivity index is 2.03. The third kappa shape index (κ3) is 3.56. The summed E-state index contributed by atoms with van der Waals surface area (Å²) in [6.07, 6.45) is 7.51. The van der Waals surface area contributed by atoms with E-state index in [4.69, 9.17) is 4.74 Å². The summed E-state index contributed by atoms with van der Waals surface area (Å²) < 4.78 is 7.41. The summed E-state index contributed by atoms with van der Waals surface area (Å²) in [4.78, 5) is 0. The van der Waals surface area contributed by atoms with Gasteiger partial charge in [-0.2, -0.15) is 5.10 Å². The number of aromatic nitrogens is 2. The van der Waals surface area contributed by atoms with Crippen LogP contribution in [0.3, 0.4) is 0 Å². The first-order valence-electron chi connectivity index (χ1n) is 6.88. The highest BCUT2D eigenvalue weighted by Crippen LogP contribution is 2.33. The molecule has 1 saturated heterocycles. The van der Waals surface area contributed by atoms with Crippen LogP contribution in [-0.2, 0) is 18.2 Å². The van der Waals surface area contributed by atoms with Gasteiger partial charge in [-0.15, -0.1) is 0 Å². The molecule has 102 valence electrons. The van der Waals surface area contributed by atoms with Crippen LogP contribution in [0.5, 0.6) is 0 Å². The van der Waals surface area contributed by atoms with Gasteiger partial charge in [0.2, 0.25) is 0 Å². The quantitative estimate of drug-likeness (QED) is 0.866. The zero-order chi connectivity index (χ0) is 13.0. The second-order valence-electron chi connectivity index (χ2n) is 5.85. The predicted octanol–water partition coefficient (Wildman–Crippen LogP) is 1.76. The maximum absolute atomic E-state index is 5.53. The van der Waals surface area contributed by atoms with E-state index in [0.29, 0.717) is 11.5 Å². The molecule has 1 aromatic rings. The lowest BCUT2D eigenvalue weighted by molar-refractivity contribution is 0.0141. The number of aryl methyl sites for hydroxylation is 1. The lowest BCUT2D eigenvalue weighted by Gasteiger charge is -2.38. The fraction of sp³-hybridized carbons (Fsp3) is 0.786. The minimum absolute atomic E-state index is 0.339. The van der Waals surface area contributed by atoms with E-state index in [1.54, 1.807) is 0 Å². The zero-order valence-corrected chi connectivity index (χ0v) is 11.8. The summed E-state index contributed by atoms with van der Waals surface area (Å²) in [6, 6.07) is 0.540. The maximum atomic E-state index is 5.53. The Morgan fingerprint density at radius 2 is 2.17 bits per heavy atom. The normalized spacial score (nSPS) is 19.3. The minimum atomic E-state index is 0.339. The van der Waals surface area contributed by atoms with Crippen LogP contribution < -0.4 is 5.32 Å². The highest BCUT2D eigenvalue weighted by Gasteiger charge is 2.33. The van der Waals surface area contributed by atoms with Crippen LogP contribution in [0, 0.1) is 5.41 Å². The molecular weight excluding hydrogens is 226 g/mol. The molecule has 4 nitrogen and oxygen atoms in total. The summed E-state index contributed by atoms with van der Waals surface area (Å²) in [7, 11) is 1.98. The molecule has 18 heavy (non-hydrogen) atoms. The first-order chi connectivity index (χ1) is 8.60. The fourth-order valence-electron chi connectivity index (χ4n) is 2.64. The van der Waals surface area contributed by atoms with E-state index < -0.39 is 0 Å². The molecule has 0 amide bonds. The number of nitrogens with one attached hydrogen (secondary N) is 1. The van der Waals surface area contributed by atoms with Gasteiger partial charge in [0, 0.05) is 39.0 Å². The molecule has 1 fully saturated rings. The van der Waals surface area contributed by atoms with Crippen molar-refractivity contribution in [3.8, 4) is 0 Å². The van der Waals surface area contributed by atoms with Crippen molar-refractivity contribution in [2.75, 3.05) is 19.8 Å². The Hall–Kier alpha value is -0.870. The number of nitrogens with zero attached hydrogens (tertiary/aromatic N) is 2. The van der Waals surface area contributed by atoms with Gasteiger partial charge in [0.05, 0.1) is 6.20 Å². The fourth-order valence-corrected chi connectivity index (χ4v) is 2.64. The van der Waals surface area contributed by atoms with Crippen molar-refractivity contribution >= 4 is 0 Å². The van der Waals surface area contributed by atoms with Crippen molar-refractivity contribution in [3.63, 3.8) is 0 Å². The summed E-state index contributed by atoms with van der Waals surface area (Å²) in [5, 5.41) is 7.87. The average molecular weight is 251 g/mol. The van der Waals surface area contributed by atoms with E-state index in [1.807, 2.05) is 17.9 Å². The summed E-state index contributed by atoms with van der Waals surface area (Å²) in [6.45, 7) is 7.26. The summed E-state index contributed by atoms with van der Waals surface area (Å²) in [5.41, 5.74) is 1.68. The molecule has 1 aliphatic rings. The van der Waals surface area contributed by atoms with Crippen LogP contribution in [0.4, 0.5) is 0 Å². The molecule has 0 unspecified atom stereocenters. The standard InChI is InChI=1S/C14H25N3O/c1-12(2)15-11-14(4-6-18-7-5-14)8-13-9-16-17(3)10-13/h9-10,12,15H,4-8,11H2,1-3H3. The molecule has 0 bridgehead atoms. The van der Waals surface area contributed by atoms with Gasteiger partial charge in [-0.05, 0) is 30.2 Å². The van der Waals surface area contributed by atoms with E-state index in [0.717, 1.165) is 39.0 Å². The molecule has 2 rings (SSSR count). The van der Waals surface area contributed by atoms with Crippen molar-refractivity contribution in [2.45, 2.75) is 39.2 Å². The number of ether oxygens (including phenoxy) is 1. The largest absolute Gasteiger partial charge is 0.381 e. The van der Waals surface area contributed by atoms with Crippen LogP contribution in [0.2, 0.25) is 0 Å². The highest BCUT2D eigenvalue weighted by atomic mass is 16.5. The minimum Gasteiger partial charge on any atom is -0.381 e. The number of hydrogen-bond donors (Lipinski definition) is 1. The molecule has 1 N–H and O–H groups in total. The second kappa shape index (κ2) is 5.85. The van der Waals surface area contributed by atoms with Crippen LogP contribution in [0.1, 0.15) is 32.3 Å². The third-order valence-corrected chi connectivity index (χ3v) is 3.78. The predicted molar refractivity (Wildman–Crippen MR) is 72.5 cm³/mol. The summed E-state index contributed by atoms with van der Waals surface area (Å²) in [5.74, 6) is 0. The van der Waals surface area contributed by atoms with Gasteiger partial charge < -0.3 is 10.1 Å². The number of hydrogen-bond acceptors (Lipinski definition) is 3. The van der Waals surface area contributed by atoms with Gasteiger partial charge in [-0.1, -0.05) is 13.8 Å². The second-order valence-corrected chi connectivity index (χ2v) is 5.85. The Morgan fingerprint density at radius 3 is 2.72 bits per heavy atom. The number of rotatable bonds is 5. The van der Waals surface area contributed by atoms with Gasteiger partial charge >= 0.3 is 0 Å². The first kappa shape index (κ1) is 13.6. The lowest BCUT2D eigenvalue weighted by Crippen LogP contribution is -2.42. The molecule has 0 aliphatic carbocycles. The molecule has 2 heterocycles. The van der Waals surface area contributed by atoms with E-state index in [2.05, 4.69) is 30.5 Å². The molecule has 0 radical (unpaired) electrons. The Labute approximate surface area is 110 Å². The van der Waals surface area contributed by atoms with Crippen LogP contribution in [0.25, 0.3) is 0 Å². The van der Waals surface area contributed by atoms with Crippen LogP contribution in [-0.4, -0.2) is 35.6 Å². The topological polar surface area (TPSA) is 39.1 Å². The molecule has 0 atom stereocenters. The highest BCUT2D eigenvalue weighted by molar-refractivity contribution is 5.08. The molecule has 4 heteroatoms. The zero-order valence-electron chi connectivity index (χ0n) is 11.8. The van der Waals surface area contributed by atoms with Gasteiger partial charge in [0.25, 0.3) is 0 Å². The van der Waals surface area contributed by atoms with Gasteiger partial charge in [-0.25, -0.2) is 0 Å². The molecule has 1 aromatic heterocycles. The van der Waals surface area contributed by atoms with E-state index >= 15 is 0 Å². The molecule has 0 spiro atoms. The van der Waals surface area contributed by atoms with Crippen LogP contribution >= 0.6 is 0 Å². The average Bonchev–Trinajstić information content (AvgIpc) is 2.73. The van der Waals surface area contributed by atoms with Gasteiger partial charge in [0.1, 0.15) is 0 Å².